The summed E-state index contributed by atoms with van der Waals surface area (Å²) in [6.45, 7) is 6.67. The lowest BCUT2D eigenvalue weighted by atomic mass is 9.76. The minimum Gasteiger partial charge on any atom is -0.481 e. The molecule has 0 aromatic carbocycles. The Labute approximate surface area is 120 Å². The first-order valence-electron chi connectivity index (χ1n) is 6.90. The van der Waals surface area contributed by atoms with Crippen LogP contribution in [0.2, 0.25) is 0 Å². The number of carbonyl (C=O) groups is 2. The summed E-state index contributed by atoms with van der Waals surface area (Å²) in [7, 11) is 1.56. The number of amides is 1. The average Bonchev–Trinajstić information content (AvgIpc) is 2.34. The molecule has 0 aromatic rings. The van der Waals surface area contributed by atoms with Crippen molar-refractivity contribution in [3.05, 3.63) is 0 Å². The van der Waals surface area contributed by atoms with Crippen molar-refractivity contribution in [1.29, 1.82) is 0 Å². The zero-order valence-electron chi connectivity index (χ0n) is 12.8. The molecule has 0 aromatic heterocycles. The second-order valence-electron chi connectivity index (χ2n) is 6.30. The van der Waals surface area contributed by atoms with Gasteiger partial charge in [-0.1, -0.05) is 0 Å². The van der Waals surface area contributed by atoms with Gasteiger partial charge in [0.2, 0.25) is 0 Å². The van der Waals surface area contributed by atoms with E-state index >= 15 is 0 Å². The molecule has 1 amide bonds. The van der Waals surface area contributed by atoms with Crippen LogP contribution in [0.3, 0.4) is 0 Å². The van der Waals surface area contributed by atoms with Gasteiger partial charge in [0.15, 0.2) is 0 Å². The van der Waals surface area contributed by atoms with Gasteiger partial charge in [0.25, 0.3) is 0 Å². The highest BCUT2D eigenvalue weighted by atomic mass is 16.6. The third-order valence-corrected chi connectivity index (χ3v) is 3.61. The number of aliphatic carboxylic acids is 1. The van der Waals surface area contributed by atoms with Crippen LogP contribution >= 0.6 is 0 Å². The number of likely N-dealkylation sites (tertiary alicyclic amines) is 1. The van der Waals surface area contributed by atoms with Gasteiger partial charge in [0.1, 0.15) is 5.60 Å². The Balaban J connectivity index is 2.60. The summed E-state index contributed by atoms with van der Waals surface area (Å²) in [6.07, 6.45) is 0.972. The van der Waals surface area contributed by atoms with Crippen molar-refractivity contribution in [1.82, 2.24) is 4.90 Å². The third kappa shape index (κ3) is 4.37. The molecule has 20 heavy (non-hydrogen) atoms. The monoisotopic (exact) mass is 287 g/mol. The molecule has 0 aliphatic carbocycles. The molecule has 1 rings (SSSR count). The van der Waals surface area contributed by atoms with E-state index in [1.807, 2.05) is 20.8 Å². The smallest absolute Gasteiger partial charge is 0.410 e. The lowest BCUT2D eigenvalue weighted by molar-refractivity contribution is -0.153. The van der Waals surface area contributed by atoms with E-state index in [0.717, 1.165) is 0 Å². The fourth-order valence-electron chi connectivity index (χ4n) is 2.31. The first kappa shape index (κ1) is 16.8. The Morgan fingerprint density at radius 3 is 2.20 bits per heavy atom. The molecular weight excluding hydrogens is 262 g/mol. The topological polar surface area (TPSA) is 76.1 Å². The standard InChI is InChI=1S/C14H25NO5/c1-13(2,3)20-12(18)15-8-5-14(6-9-15,11(16)17)7-10-19-4/h5-10H2,1-4H3,(H,16,17). The van der Waals surface area contributed by atoms with E-state index in [1.165, 1.54) is 0 Å². The SMILES string of the molecule is COCCC1(C(=O)O)CCN(C(=O)OC(C)(C)C)CC1. The summed E-state index contributed by atoms with van der Waals surface area (Å²) in [5, 5.41) is 9.44. The number of piperidine rings is 1. The van der Waals surface area contributed by atoms with Gasteiger partial charge in [-0.05, 0) is 40.0 Å². The minimum absolute atomic E-state index is 0.372. The summed E-state index contributed by atoms with van der Waals surface area (Å²) in [4.78, 5) is 25.0. The lowest BCUT2D eigenvalue weighted by Crippen LogP contribution is -2.48. The van der Waals surface area contributed by atoms with Crippen LogP contribution in [-0.2, 0) is 14.3 Å². The first-order valence-corrected chi connectivity index (χ1v) is 6.90. The van der Waals surface area contributed by atoms with Gasteiger partial charge in [-0.25, -0.2) is 4.79 Å². The highest BCUT2D eigenvalue weighted by Crippen LogP contribution is 2.35. The molecule has 6 heteroatoms. The van der Waals surface area contributed by atoms with Gasteiger partial charge < -0.3 is 19.5 Å². The molecular formula is C14H25NO5. The van der Waals surface area contributed by atoms with Crippen LogP contribution in [0.4, 0.5) is 4.79 Å². The normalized spacial score (nSPS) is 18.7. The van der Waals surface area contributed by atoms with Gasteiger partial charge in [-0.15, -0.1) is 0 Å². The Morgan fingerprint density at radius 2 is 1.80 bits per heavy atom. The molecule has 6 nitrogen and oxygen atoms in total. The van der Waals surface area contributed by atoms with Gasteiger partial charge in [-0.2, -0.15) is 0 Å². The van der Waals surface area contributed by atoms with E-state index in [9.17, 15) is 14.7 Å². The number of carboxylic acid groups (broad SMARTS) is 1. The van der Waals surface area contributed by atoms with Crippen molar-refractivity contribution in [2.45, 2.75) is 45.6 Å². The van der Waals surface area contributed by atoms with Gasteiger partial charge in [-0.3, -0.25) is 4.79 Å². The number of carbonyl (C=O) groups excluding carboxylic acids is 1. The number of carboxylic acids is 1. The molecule has 1 aliphatic heterocycles. The molecule has 0 radical (unpaired) electrons. The van der Waals surface area contributed by atoms with Crippen molar-refractivity contribution in [2.24, 2.45) is 5.41 Å². The Morgan fingerprint density at radius 1 is 1.25 bits per heavy atom. The molecule has 1 heterocycles. The van der Waals surface area contributed by atoms with E-state index in [1.54, 1.807) is 12.0 Å². The fraction of sp³-hybridized carbons (Fsp3) is 0.857. The molecule has 0 saturated carbocycles. The van der Waals surface area contributed by atoms with E-state index in [2.05, 4.69) is 0 Å². The van der Waals surface area contributed by atoms with Gasteiger partial charge >= 0.3 is 12.1 Å². The van der Waals surface area contributed by atoms with Gasteiger partial charge in [0, 0.05) is 26.8 Å². The summed E-state index contributed by atoms with van der Waals surface area (Å²) in [5.74, 6) is -0.807. The predicted molar refractivity (Wildman–Crippen MR) is 73.6 cm³/mol. The molecule has 0 atom stereocenters. The van der Waals surface area contributed by atoms with Crippen LogP contribution in [0.5, 0.6) is 0 Å². The second-order valence-corrected chi connectivity index (χ2v) is 6.30. The molecule has 0 unspecified atom stereocenters. The number of methoxy groups -OCH3 is 1. The Kier molecular flexibility index (Phi) is 5.39. The molecule has 1 fully saturated rings. The van der Waals surface area contributed by atoms with Crippen molar-refractivity contribution in [3.8, 4) is 0 Å². The van der Waals surface area contributed by atoms with Crippen molar-refractivity contribution in [2.75, 3.05) is 26.8 Å². The van der Waals surface area contributed by atoms with Crippen LogP contribution in [-0.4, -0.2) is 54.5 Å². The molecule has 1 saturated heterocycles. The van der Waals surface area contributed by atoms with Crippen LogP contribution in [0, 0.1) is 5.41 Å². The minimum atomic E-state index is -0.807. The zero-order chi connectivity index (χ0) is 15.4. The zero-order valence-corrected chi connectivity index (χ0v) is 12.8. The van der Waals surface area contributed by atoms with Gasteiger partial charge in [0.05, 0.1) is 5.41 Å². The quantitative estimate of drug-likeness (QED) is 0.857. The maximum atomic E-state index is 11.9. The first-order chi connectivity index (χ1) is 9.20. The molecule has 0 spiro atoms. The maximum Gasteiger partial charge on any atom is 0.410 e. The second kappa shape index (κ2) is 6.43. The summed E-state index contributed by atoms with van der Waals surface area (Å²) in [6, 6.07) is 0. The number of hydrogen-bond donors (Lipinski definition) is 1. The largest absolute Gasteiger partial charge is 0.481 e. The van der Waals surface area contributed by atoms with E-state index in [0.29, 0.717) is 39.0 Å². The average molecular weight is 287 g/mol. The van der Waals surface area contributed by atoms with E-state index in [-0.39, 0.29) is 6.09 Å². The van der Waals surface area contributed by atoms with Crippen molar-refractivity contribution in [3.63, 3.8) is 0 Å². The predicted octanol–water partition coefficient (Wildman–Crippen LogP) is 2.12. The summed E-state index contributed by atoms with van der Waals surface area (Å²) < 4.78 is 10.3. The Bertz CT molecular complexity index is 353. The highest BCUT2D eigenvalue weighted by molar-refractivity contribution is 5.75. The number of rotatable bonds is 4. The molecule has 1 N–H and O–H groups in total. The summed E-state index contributed by atoms with van der Waals surface area (Å²) >= 11 is 0. The fourth-order valence-corrected chi connectivity index (χ4v) is 2.31. The van der Waals surface area contributed by atoms with Crippen LogP contribution < -0.4 is 0 Å². The molecule has 116 valence electrons. The molecule has 1 aliphatic rings. The number of ether oxygens (including phenoxy) is 2. The Hall–Kier alpha value is -1.30. The molecule has 0 bridgehead atoms. The number of nitrogens with zero attached hydrogens (tertiary/aromatic N) is 1. The highest BCUT2D eigenvalue weighted by Gasteiger charge is 2.42. The third-order valence-electron chi connectivity index (χ3n) is 3.61. The van der Waals surface area contributed by atoms with Crippen LogP contribution in [0.15, 0.2) is 0 Å². The van der Waals surface area contributed by atoms with E-state index < -0.39 is 17.0 Å². The summed E-state index contributed by atoms with van der Waals surface area (Å²) in [5.41, 5.74) is -1.32. The van der Waals surface area contributed by atoms with Crippen LogP contribution in [0.1, 0.15) is 40.0 Å². The van der Waals surface area contributed by atoms with Crippen molar-refractivity contribution >= 4 is 12.1 Å². The number of hydrogen-bond acceptors (Lipinski definition) is 4. The van der Waals surface area contributed by atoms with Crippen molar-refractivity contribution < 1.29 is 24.2 Å². The van der Waals surface area contributed by atoms with Crippen LogP contribution in [0.25, 0.3) is 0 Å². The van der Waals surface area contributed by atoms with E-state index in [4.69, 9.17) is 9.47 Å². The maximum absolute atomic E-state index is 11.9. The lowest BCUT2D eigenvalue weighted by Gasteiger charge is -2.39.